The van der Waals surface area contributed by atoms with Crippen molar-refractivity contribution in [2.45, 2.75) is 13.0 Å². The molecule has 28 heavy (non-hydrogen) atoms. The van der Waals surface area contributed by atoms with Gasteiger partial charge >= 0.3 is 0 Å². The highest BCUT2D eigenvalue weighted by Crippen LogP contribution is 2.26. The van der Waals surface area contributed by atoms with E-state index in [9.17, 15) is 4.79 Å². The molecule has 5 rings (SSSR count). The molecule has 0 aromatic heterocycles. The summed E-state index contributed by atoms with van der Waals surface area (Å²) < 4.78 is 0. The van der Waals surface area contributed by atoms with Gasteiger partial charge in [0, 0.05) is 17.0 Å². The van der Waals surface area contributed by atoms with Crippen molar-refractivity contribution in [3.8, 4) is 0 Å². The Morgan fingerprint density at radius 1 is 1.07 bits per heavy atom. The second-order valence-electron chi connectivity index (χ2n) is 6.82. The highest BCUT2D eigenvalue weighted by molar-refractivity contribution is 8.14. The van der Waals surface area contributed by atoms with Gasteiger partial charge in [-0.3, -0.25) is 15.2 Å². The lowest BCUT2D eigenvalue weighted by molar-refractivity contribution is -0.115. The Kier molecular flexibility index (Phi) is 4.33. The molecule has 1 amide bonds. The maximum atomic E-state index is 11.5. The fourth-order valence-corrected chi connectivity index (χ4v) is 4.30. The number of hydrogen-bond donors (Lipinski definition) is 2. The summed E-state index contributed by atoms with van der Waals surface area (Å²) in [4.78, 5) is 16.2. The van der Waals surface area contributed by atoms with Gasteiger partial charge in [0.15, 0.2) is 5.17 Å². The third-order valence-electron chi connectivity index (χ3n) is 4.97. The highest BCUT2D eigenvalue weighted by atomic mass is 32.2. The fourth-order valence-electron chi connectivity index (χ4n) is 3.53. The summed E-state index contributed by atoms with van der Waals surface area (Å²) in [5, 5.41) is 10.7. The van der Waals surface area contributed by atoms with Crippen LogP contribution in [0.25, 0.3) is 10.8 Å². The Bertz CT molecular complexity index is 1150. The summed E-state index contributed by atoms with van der Waals surface area (Å²) in [7, 11) is 0. The number of thioether (sulfide) groups is 1. The van der Waals surface area contributed by atoms with Crippen LogP contribution in [-0.4, -0.2) is 22.5 Å². The molecular formula is C22H18N4OS. The summed E-state index contributed by atoms with van der Waals surface area (Å²) in [5.74, 6) is 0.793. The number of carbonyl (C=O) groups is 1. The van der Waals surface area contributed by atoms with Gasteiger partial charge < -0.3 is 5.32 Å². The van der Waals surface area contributed by atoms with Crippen molar-refractivity contribution in [2.75, 3.05) is 11.1 Å². The van der Waals surface area contributed by atoms with Crippen molar-refractivity contribution in [1.82, 2.24) is 5.43 Å². The Hall–Kier alpha value is -3.12. The molecule has 2 aliphatic rings. The van der Waals surface area contributed by atoms with Gasteiger partial charge in [-0.2, -0.15) is 5.10 Å². The van der Waals surface area contributed by atoms with Crippen molar-refractivity contribution in [1.29, 1.82) is 0 Å². The SMILES string of the molecule is O=C1Cc2ccc(C3=NNC(=NCc4cccc5ccccc45)SC3)cc2N1. The molecule has 0 aliphatic carbocycles. The number of rotatable bonds is 3. The van der Waals surface area contributed by atoms with Gasteiger partial charge in [-0.05, 0) is 28.0 Å². The number of benzene rings is 3. The molecule has 0 saturated carbocycles. The molecule has 2 heterocycles. The zero-order chi connectivity index (χ0) is 18.9. The molecule has 0 unspecified atom stereocenters. The van der Waals surface area contributed by atoms with Crippen LogP contribution in [0.15, 0.2) is 70.8 Å². The van der Waals surface area contributed by atoms with E-state index in [1.54, 1.807) is 11.8 Å². The number of nitrogens with zero attached hydrogens (tertiary/aromatic N) is 2. The van der Waals surface area contributed by atoms with Gasteiger partial charge in [0.2, 0.25) is 5.91 Å². The van der Waals surface area contributed by atoms with E-state index in [-0.39, 0.29) is 5.91 Å². The van der Waals surface area contributed by atoms with Gasteiger partial charge in [-0.25, -0.2) is 0 Å². The van der Waals surface area contributed by atoms with Crippen LogP contribution < -0.4 is 10.7 Å². The molecule has 2 N–H and O–H groups in total. The minimum absolute atomic E-state index is 0.0492. The van der Waals surface area contributed by atoms with Gasteiger partial charge in [-0.1, -0.05) is 66.4 Å². The molecule has 0 spiro atoms. The summed E-state index contributed by atoms with van der Waals surface area (Å²) in [6, 6.07) is 20.7. The monoisotopic (exact) mass is 386 g/mol. The first kappa shape index (κ1) is 17.0. The number of nitrogens with one attached hydrogen (secondary N) is 2. The van der Waals surface area contributed by atoms with E-state index in [0.717, 1.165) is 33.4 Å². The number of fused-ring (bicyclic) bond motifs is 2. The highest BCUT2D eigenvalue weighted by Gasteiger charge is 2.20. The number of aliphatic imine (C=N–C) groups is 1. The molecule has 0 fully saturated rings. The molecule has 0 bridgehead atoms. The Labute approximate surface area is 166 Å². The predicted molar refractivity (Wildman–Crippen MR) is 116 cm³/mol. The quantitative estimate of drug-likeness (QED) is 0.717. The summed E-state index contributed by atoms with van der Waals surface area (Å²) in [6.45, 7) is 0.617. The van der Waals surface area contributed by atoms with Crippen LogP contribution in [0.2, 0.25) is 0 Å². The zero-order valence-corrected chi connectivity index (χ0v) is 15.9. The third-order valence-corrected chi connectivity index (χ3v) is 5.88. The second kappa shape index (κ2) is 7.13. The largest absolute Gasteiger partial charge is 0.326 e. The number of anilines is 1. The van der Waals surface area contributed by atoms with Crippen molar-refractivity contribution < 1.29 is 4.79 Å². The average Bonchev–Trinajstić information content (AvgIpc) is 3.12. The van der Waals surface area contributed by atoms with Crippen LogP contribution in [0.1, 0.15) is 16.7 Å². The number of hydrazone groups is 1. The third kappa shape index (κ3) is 3.27. The molecule has 0 atom stereocenters. The van der Waals surface area contributed by atoms with E-state index in [1.807, 2.05) is 18.2 Å². The van der Waals surface area contributed by atoms with Crippen molar-refractivity contribution >= 4 is 45.0 Å². The summed E-state index contributed by atoms with van der Waals surface area (Å²) >= 11 is 1.65. The van der Waals surface area contributed by atoms with E-state index in [2.05, 4.69) is 58.3 Å². The number of amidine groups is 1. The first-order valence-corrected chi connectivity index (χ1v) is 10.1. The van der Waals surface area contributed by atoms with Gasteiger partial charge in [-0.15, -0.1) is 0 Å². The smallest absolute Gasteiger partial charge is 0.228 e. The Morgan fingerprint density at radius 3 is 2.86 bits per heavy atom. The van der Waals surface area contributed by atoms with Crippen LogP contribution in [0.3, 0.4) is 0 Å². The molecule has 2 aliphatic heterocycles. The van der Waals surface area contributed by atoms with Crippen LogP contribution in [-0.2, 0) is 17.8 Å². The Morgan fingerprint density at radius 2 is 1.96 bits per heavy atom. The molecule has 3 aromatic carbocycles. The van der Waals surface area contributed by atoms with Crippen molar-refractivity contribution in [3.63, 3.8) is 0 Å². The summed E-state index contributed by atoms with van der Waals surface area (Å²) in [6.07, 6.45) is 0.458. The minimum atomic E-state index is 0.0492. The van der Waals surface area contributed by atoms with Gasteiger partial charge in [0.25, 0.3) is 0 Å². The number of amides is 1. The maximum absolute atomic E-state index is 11.5. The summed E-state index contributed by atoms with van der Waals surface area (Å²) in [5.41, 5.74) is 8.20. The molecule has 138 valence electrons. The standard InChI is InChI=1S/C22H18N4OS/c27-21-11-16-9-8-15(10-19(16)24-21)20-13-28-22(26-25-20)23-12-17-6-3-5-14-4-1-2-7-18(14)17/h1-10H,11-13H2,(H,23,26)(H,24,27). The number of carbonyl (C=O) groups excluding carboxylic acids is 1. The van der Waals surface area contributed by atoms with Crippen LogP contribution >= 0.6 is 11.8 Å². The number of hydrogen-bond acceptors (Lipinski definition) is 4. The van der Waals surface area contributed by atoms with Crippen LogP contribution in [0.5, 0.6) is 0 Å². The minimum Gasteiger partial charge on any atom is -0.326 e. The lowest BCUT2D eigenvalue weighted by atomic mass is 10.1. The van der Waals surface area contributed by atoms with Crippen LogP contribution in [0.4, 0.5) is 5.69 Å². The van der Waals surface area contributed by atoms with Crippen molar-refractivity contribution in [2.24, 2.45) is 10.1 Å². The maximum Gasteiger partial charge on any atom is 0.228 e. The fraction of sp³-hybridized carbons (Fsp3) is 0.136. The van der Waals surface area contributed by atoms with Gasteiger partial charge in [0.1, 0.15) is 0 Å². The van der Waals surface area contributed by atoms with Crippen LogP contribution in [0, 0.1) is 0 Å². The average molecular weight is 386 g/mol. The molecule has 0 radical (unpaired) electrons. The van der Waals surface area contributed by atoms with E-state index < -0.39 is 0 Å². The van der Waals surface area contributed by atoms with Gasteiger partial charge in [0.05, 0.1) is 18.7 Å². The molecule has 6 heteroatoms. The lowest BCUT2D eigenvalue weighted by Crippen LogP contribution is -2.25. The second-order valence-corrected chi connectivity index (χ2v) is 7.78. The molecule has 5 nitrogen and oxygen atoms in total. The van der Waals surface area contributed by atoms with E-state index in [0.29, 0.717) is 13.0 Å². The lowest BCUT2D eigenvalue weighted by Gasteiger charge is -2.15. The van der Waals surface area contributed by atoms with E-state index in [1.165, 1.54) is 16.3 Å². The first-order chi connectivity index (χ1) is 13.8. The van der Waals surface area contributed by atoms with E-state index in [4.69, 9.17) is 4.99 Å². The van der Waals surface area contributed by atoms with E-state index >= 15 is 0 Å². The molecular weight excluding hydrogens is 368 g/mol. The normalized spacial score (nSPS) is 17.2. The molecule has 0 saturated heterocycles. The zero-order valence-electron chi connectivity index (χ0n) is 15.1. The Balaban J connectivity index is 1.32. The van der Waals surface area contributed by atoms with Crippen molar-refractivity contribution in [3.05, 3.63) is 77.4 Å². The molecule has 3 aromatic rings. The topological polar surface area (TPSA) is 65.8 Å². The first-order valence-electron chi connectivity index (χ1n) is 9.16. The predicted octanol–water partition coefficient (Wildman–Crippen LogP) is 3.93.